The first-order valence-corrected chi connectivity index (χ1v) is 10.0. The van der Waals surface area contributed by atoms with Crippen molar-refractivity contribution in [3.63, 3.8) is 0 Å². The highest BCUT2D eigenvalue weighted by Crippen LogP contribution is 2.26. The highest BCUT2D eigenvalue weighted by molar-refractivity contribution is 7.13. The first-order chi connectivity index (χ1) is 13.1. The Morgan fingerprint density at radius 1 is 1.11 bits per heavy atom. The zero-order valence-corrected chi connectivity index (χ0v) is 16.5. The summed E-state index contributed by atoms with van der Waals surface area (Å²) in [7, 11) is 0. The van der Waals surface area contributed by atoms with Crippen LogP contribution >= 0.6 is 22.9 Å². The van der Waals surface area contributed by atoms with Crippen LogP contribution < -0.4 is 4.90 Å². The molecule has 2 aromatic heterocycles. The minimum absolute atomic E-state index is 0.00554. The molecule has 0 aliphatic carbocycles. The summed E-state index contributed by atoms with van der Waals surface area (Å²) in [5.74, 6) is -0.00554. The van der Waals surface area contributed by atoms with Crippen molar-refractivity contribution in [2.24, 2.45) is 0 Å². The fourth-order valence-electron chi connectivity index (χ4n) is 3.23. The molecular weight excluding hydrogens is 380 g/mol. The van der Waals surface area contributed by atoms with Gasteiger partial charge in [-0.15, -0.1) is 11.3 Å². The summed E-state index contributed by atoms with van der Waals surface area (Å²) < 4.78 is 0. The zero-order valence-electron chi connectivity index (χ0n) is 14.9. The molecule has 1 fully saturated rings. The normalized spacial score (nSPS) is 14.4. The number of aromatic nitrogens is 2. The molecule has 0 saturated carbocycles. The maximum atomic E-state index is 12.8. The number of rotatable bonds is 3. The molecule has 0 unspecified atom stereocenters. The van der Waals surface area contributed by atoms with Gasteiger partial charge in [0.2, 0.25) is 0 Å². The second-order valence-electron chi connectivity index (χ2n) is 6.48. The smallest absolute Gasteiger partial charge is 0.273 e. The van der Waals surface area contributed by atoms with Gasteiger partial charge in [-0.25, -0.2) is 4.98 Å². The minimum Gasteiger partial charge on any atom is -0.368 e. The first kappa shape index (κ1) is 17.9. The number of aryl methyl sites for hydroxylation is 1. The van der Waals surface area contributed by atoms with Crippen LogP contribution in [0.25, 0.3) is 10.6 Å². The van der Waals surface area contributed by atoms with Gasteiger partial charge in [0.25, 0.3) is 5.91 Å². The van der Waals surface area contributed by atoms with Crippen molar-refractivity contribution in [1.82, 2.24) is 14.9 Å². The topological polar surface area (TPSA) is 49.3 Å². The van der Waals surface area contributed by atoms with Crippen LogP contribution in [0.15, 0.2) is 48.1 Å². The predicted molar refractivity (Wildman–Crippen MR) is 110 cm³/mol. The van der Waals surface area contributed by atoms with Crippen LogP contribution in [0.1, 0.15) is 16.1 Å². The van der Waals surface area contributed by atoms with E-state index >= 15 is 0 Å². The maximum absolute atomic E-state index is 12.8. The lowest BCUT2D eigenvalue weighted by Gasteiger charge is -2.36. The summed E-state index contributed by atoms with van der Waals surface area (Å²) in [5, 5.41) is 3.42. The molecule has 0 bridgehead atoms. The second kappa shape index (κ2) is 7.66. The summed E-state index contributed by atoms with van der Waals surface area (Å²) in [6.07, 6.45) is 3.46. The Kier molecular flexibility index (Phi) is 5.09. The lowest BCUT2D eigenvalue weighted by atomic mass is 10.1. The van der Waals surface area contributed by atoms with Crippen molar-refractivity contribution in [3.8, 4) is 10.6 Å². The molecule has 1 amide bonds. The Morgan fingerprint density at radius 3 is 2.59 bits per heavy atom. The van der Waals surface area contributed by atoms with Crippen LogP contribution in [-0.4, -0.2) is 47.0 Å². The van der Waals surface area contributed by atoms with Gasteiger partial charge in [-0.1, -0.05) is 17.7 Å². The van der Waals surface area contributed by atoms with E-state index in [1.165, 1.54) is 16.9 Å². The van der Waals surface area contributed by atoms with Crippen LogP contribution in [0.3, 0.4) is 0 Å². The van der Waals surface area contributed by atoms with Gasteiger partial charge in [-0.2, -0.15) is 0 Å². The largest absolute Gasteiger partial charge is 0.368 e. The zero-order chi connectivity index (χ0) is 18.8. The molecule has 1 aromatic carbocycles. The molecule has 27 heavy (non-hydrogen) atoms. The number of hydrogen-bond donors (Lipinski definition) is 0. The fourth-order valence-corrected chi connectivity index (χ4v) is 4.20. The quantitative estimate of drug-likeness (QED) is 0.665. The Balaban J connectivity index is 1.43. The van der Waals surface area contributed by atoms with E-state index in [-0.39, 0.29) is 5.91 Å². The van der Waals surface area contributed by atoms with E-state index in [0.29, 0.717) is 18.8 Å². The first-order valence-electron chi connectivity index (χ1n) is 8.78. The molecule has 0 N–H and O–H groups in total. The summed E-state index contributed by atoms with van der Waals surface area (Å²) in [5.41, 5.74) is 3.83. The molecule has 1 saturated heterocycles. The Bertz CT molecular complexity index is 952. The molecule has 0 radical (unpaired) electrons. The molecule has 1 aliphatic rings. The number of hydrogen-bond acceptors (Lipinski definition) is 5. The standard InChI is InChI=1S/C20H19ClN4OS/c1-14-2-3-16(21)12-18(14)24-8-10-25(11-9-24)20(26)17-13-27-19(23-17)15-4-6-22-7-5-15/h2-7,12-13H,8-11H2,1H3. The number of pyridine rings is 1. The number of piperazine rings is 1. The van der Waals surface area contributed by atoms with Gasteiger partial charge >= 0.3 is 0 Å². The molecule has 7 heteroatoms. The van der Waals surface area contributed by atoms with Crippen LogP contribution in [-0.2, 0) is 0 Å². The average molecular weight is 399 g/mol. The van der Waals surface area contributed by atoms with Crippen molar-refractivity contribution in [2.45, 2.75) is 6.92 Å². The van der Waals surface area contributed by atoms with Crippen molar-refractivity contribution >= 4 is 34.5 Å². The molecular formula is C20H19ClN4OS. The SMILES string of the molecule is Cc1ccc(Cl)cc1N1CCN(C(=O)c2csc(-c3ccncc3)n2)CC1. The van der Waals surface area contributed by atoms with Gasteiger partial charge in [0.05, 0.1) is 0 Å². The van der Waals surface area contributed by atoms with E-state index in [9.17, 15) is 4.79 Å². The Morgan fingerprint density at radius 2 is 1.85 bits per heavy atom. The molecule has 5 nitrogen and oxygen atoms in total. The van der Waals surface area contributed by atoms with Gasteiger partial charge in [0, 0.05) is 60.2 Å². The van der Waals surface area contributed by atoms with Crippen molar-refractivity contribution in [3.05, 3.63) is 64.4 Å². The minimum atomic E-state index is -0.00554. The molecule has 0 spiro atoms. The van der Waals surface area contributed by atoms with Crippen LogP contribution in [0.4, 0.5) is 5.69 Å². The van der Waals surface area contributed by atoms with E-state index in [1.54, 1.807) is 12.4 Å². The Labute approximate surface area is 167 Å². The van der Waals surface area contributed by atoms with Crippen molar-refractivity contribution in [2.75, 3.05) is 31.1 Å². The predicted octanol–water partition coefficient (Wildman–Crippen LogP) is 4.13. The van der Waals surface area contributed by atoms with E-state index in [0.717, 1.165) is 34.4 Å². The molecule has 138 valence electrons. The van der Waals surface area contributed by atoms with E-state index < -0.39 is 0 Å². The lowest BCUT2D eigenvalue weighted by Crippen LogP contribution is -2.49. The Hall–Kier alpha value is -2.44. The van der Waals surface area contributed by atoms with Crippen LogP contribution in [0, 0.1) is 6.92 Å². The average Bonchev–Trinajstić information content (AvgIpc) is 3.20. The number of benzene rings is 1. The summed E-state index contributed by atoms with van der Waals surface area (Å²) in [6, 6.07) is 9.74. The molecule has 3 aromatic rings. The summed E-state index contributed by atoms with van der Waals surface area (Å²) in [4.78, 5) is 25.5. The van der Waals surface area contributed by atoms with E-state index in [2.05, 4.69) is 21.8 Å². The second-order valence-corrected chi connectivity index (χ2v) is 7.78. The number of halogens is 1. The summed E-state index contributed by atoms with van der Waals surface area (Å²) >= 11 is 7.63. The van der Waals surface area contributed by atoms with E-state index in [4.69, 9.17) is 11.6 Å². The van der Waals surface area contributed by atoms with Gasteiger partial charge in [0.1, 0.15) is 10.7 Å². The highest BCUT2D eigenvalue weighted by atomic mass is 35.5. The lowest BCUT2D eigenvalue weighted by molar-refractivity contribution is 0.0742. The summed E-state index contributed by atoms with van der Waals surface area (Å²) in [6.45, 7) is 5.00. The number of anilines is 1. The third kappa shape index (κ3) is 3.82. The van der Waals surface area contributed by atoms with Crippen LogP contribution in [0.5, 0.6) is 0 Å². The number of carbonyl (C=O) groups excluding carboxylic acids is 1. The van der Waals surface area contributed by atoms with E-state index in [1.807, 2.05) is 40.6 Å². The van der Waals surface area contributed by atoms with Gasteiger partial charge in [-0.05, 0) is 36.8 Å². The van der Waals surface area contributed by atoms with Gasteiger partial charge in [0.15, 0.2) is 0 Å². The number of carbonyl (C=O) groups is 1. The molecule has 3 heterocycles. The monoisotopic (exact) mass is 398 g/mol. The van der Waals surface area contributed by atoms with Crippen molar-refractivity contribution in [1.29, 1.82) is 0 Å². The van der Waals surface area contributed by atoms with Crippen molar-refractivity contribution < 1.29 is 4.79 Å². The number of amides is 1. The number of thiazole rings is 1. The molecule has 1 aliphatic heterocycles. The highest BCUT2D eigenvalue weighted by Gasteiger charge is 2.24. The third-order valence-electron chi connectivity index (χ3n) is 4.73. The van der Waals surface area contributed by atoms with Crippen LogP contribution in [0.2, 0.25) is 5.02 Å². The maximum Gasteiger partial charge on any atom is 0.273 e. The van der Waals surface area contributed by atoms with Gasteiger partial charge < -0.3 is 9.80 Å². The molecule has 4 rings (SSSR count). The van der Waals surface area contributed by atoms with Gasteiger partial charge in [-0.3, -0.25) is 9.78 Å². The number of nitrogens with zero attached hydrogens (tertiary/aromatic N) is 4. The third-order valence-corrected chi connectivity index (χ3v) is 5.86. The molecule has 0 atom stereocenters. The fraction of sp³-hybridized carbons (Fsp3) is 0.250.